The van der Waals surface area contributed by atoms with Gasteiger partial charge in [-0.2, -0.15) is 0 Å². The molecule has 0 atom stereocenters. The molecule has 0 aliphatic heterocycles. The number of carbonyl (C=O) groups is 1. The van der Waals surface area contributed by atoms with Crippen LogP contribution in [0.25, 0.3) is 0 Å². The molecule has 21 heavy (non-hydrogen) atoms. The Morgan fingerprint density at radius 2 is 1.81 bits per heavy atom. The molecule has 2 N–H and O–H groups in total. The molecule has 0 amide bonds. The number of benzene rings is 2. The van der Waals surface area contributed by atoms with E-state index in [1.807, 2.05) is 36.4 Å². The summed E-state index contributed by atoms with van der Waals surface area (Å²) in [7, 11) is 0. The highest BCUT2D eigenvalue weighted by atomic mass is 16.1. The fraction of sp³-hybridized carbons (Fsp3) is 0.278. The summed E-state index contributed by atoms with van der Waals surface area (Å²) in [6.45, 7) is 6.66. The van der Waals surface area contributed by atoms with Crippen molar-refractivity contribution in [3.05, 3.63) is 59.7 Å². The first-order valence-electron chi connectivity index (χ1n) is 7.20. The van der Waals surface area contributed by atoms with Crippen LogP contribution in [0.15, 0.2) is 48.5 Å². The van der Waals surface area contributed by atoms with E-state index in [9.17, 15) is 4.79 Å². The van der Waals surface area contributed by atoms with E-state index in [4.69, 9.17) is 5.73 Å². The summed E-state index contributed by atoms with van der Waals surface area (Å²) in [5.74, 6) is -0.00166. The van der Waals surface area contributed by atoms with E-state index in [-0.39, 0.29) is 5.78 Å². The fourth-order valence-corrected chi connectivity index (χ4v) is 2.40. The molecule has 0 heterocycles. The van der Waals surface area contributed by atoms with E-state index < -0.39 is 0 Å². The Kier molecular flexibility index (Phi) is 4.63. The van der Waals surface area contributed by atoms with Crippen molar-refractivity contribution in [1.82, 2.24) is 0 Å². The number of Topliss-reactive ketones (excluding diaryl/α,β-unsaturated/α-hetero) is 1. The molecule has 110 valence electrons. The average Bonchev–Trinajstić information content (AvgIpc) is 2.45. The number of carbonyl (C=O) groups excluding carboxylic acids is 1. The third-order valence-electron chi connectivity index (χ3n) is 3.57. The predicted octanol–water partition coefficient (Wildman–Crippen LogP) is 3.89. The van der Waals surface area contributed by atoms with Crippen LogP contribution in [0.3, 0.4) is 0 Å². The Morgan fingerprint density at radius 1 is 1.14 bits per heavy atom. The van der Waals surface area contributed by atoms with Gasteiger partial charge in [-0.1, -0.05) is 30.3 Å². The van der Waals surface area contributed by atoms with E-state index >= 15 is 0 Å². The van der Waals surface area contributed by atoms with Crippen molar-refractivity contribution in [3.63, 3.8) is 0 Å². The van der Waals surface area contributed by atoms with Gasteiger partial charge in [0, 0.05) is 29.5 Å². The molecule has 2 rings (SSSR count). The van der Waals surface area contributed by atoms with Crippen molar-refractivity contribution in [2.45, 2.75) is 33.4 Å². The summed E-state index contributed by atoms with van der Waals surface area (Å²) in [5, 5.41) is 0. The molecule has 2 aromatic carbocycles. The first-order chi connectivity index (χ1) is 9.99. The predicted molar refractivity (Wildman–Crippen MR) is 88.6 cm³/mol. The van der Waals surface area contributed by atoms with Gasteiger partial charge in [0.05, 0.1) is 0 Å². The van der Waals surface area contributed by atoms with Crippen LogP contribution in [0, 0.1) is 0 Å². The molecular weight excluding hydrogens is 260 g/mol. The quantitative estimate of drug-likeness (QED) is 0.668. The van der Waals surface area contributed by atoms with Crippen molar-refractivity contribution in [2.75, 3.05) is 10.6 Å². The second-order valence-corrected chi connectivity index (χ2v) is 5.53. The number of hydrogen-bond acceptors (Lipinski definition) is 3. The minimum absolute atomic E-state index is 0.00166. The van der Waals surface area contributed by atoms with Crippen molar-refractivity contribution in [2.24, 2.45) is 0 Å². The largest absolute Gasteiger partial charge is 0.398 e. The van der Waals surface area contributed by atoms with Gasteiger partial charge in [0.2, 0.25) is 0 Å². The lowest BCUT2D eigenvalue weighted by Gasteiger charge is -2.29. The van der Waals surface area contributed by atoms with Gasteiger partial charge >= 0.3 is 0 Å². The van der Waals surface area contributed by atoms with E-state index in [2.05, 4.69) is 30.9 Å². The lowest BCUT2D eigenvalue weighted by molar-refractivity contribution is 0.101. The highest BCUT2D eigenvalue weighted by Gasteiger charge is 2.13. The number of anilines is 2. The lowest BCUT2D eigenvalue weighted by Crippen LogP contribution is -2.30. The minimum atomic E-state index is -0.00166. The van der Waals surface area contributed by atoms with E-state index in [1.165, 1.54) is 12.5 Å². The second-order valence-electron chi connectivity index (χ2n) is 5.53. The van der Waals surface area contributed by atoms with Crippen molar-refractivity contribution in [3.8, 4) is 0 Å². The molecule has 0 saturated carbocycles. The second kappa shape index (κ2) is 6.44. The maximum absolute atomic E-state index is 11.5. The number of nitrogens with two attached hydrogens (primary N) is 1. The van der Waals surface area contributed by atoms with E-state index in [0.717, 1.165) is 12.2 Å². The van der Waals surface area contributed by atoms with Crippen LogP contribution >= 0.6 is 0 Å². The molecule has 0 unspecified atom stereocenters. The molecule has 0 fully saturated rings. The summed E-state index contributed by atoms with van der Waals surface area (Å²) in [6, 6.07) is 16.3. The number of nitrogen functional groups attached to an aromatic ring is 1. The molecule has 0 aromatic heterocycles. The Hall–Kier alpha value is -2.29. The first kappa shape index (κ1) is 15.1. The number of rotatable bonds is 5. The summed E-state index contributed by atoms with van der Waals surface area (Å²) in [6.07, 6.45) is 0. The molecule has 0 spiro atoms. The van der Waals surface area contributed by atoms with Gasteiger partial charge in [0.15, 0.2) is 5.78 Å². The molecule has 0 saturated heterocycles. The van der Waals surface area contributed by atoms with Crippen LogP contribution in [-0.4, -0.2) is 11.8 Å². The van der Waals surface area contributed by atoms with Gasteiger partial charge in [-0.05, 0) is 44.5 Å². The van der Waals surface area contributed by atoms with Crippen LogP contribution in [0.1, 0.15) is 36.7 Å². The molecule has 0 bridgehead atoms. The van der Waals surface area contributed by atoms with Crippen LogP contribution < -0.4 is 10.6 Å². The van der Waals surface area contributed by atoms with Gasteiger partial charge in [-0.25, -0.2) is 0 Å². The normalized spacial score (nSPS) is 10.7. The van der Waals surface area contributed by atoms with Gasteiger partial charge in [-0.15, -0.1) is 0 Å². The van der Waals surface area contributed by atoms with Gasteiger partial charge in [0.1, 0.15) is 0 Å². The number of ketones is 1. The molecule has 2 aromatic rings. The number of hydrogen-bond donors (Lipinski definition) is 1. The Balaban J connectivity index is 2.31. The highest BCUT2D eigenvalue weighted by molar-refractivity contribution is 5.99. The molecule has 3 heteroatoms. The maximum Gasteiger partial charge on any atom is 0.161 e. The first-order valence-corrected chi connectivity index (χ1v) is 7.20. The Morgan fingerprint density at radius 3 is 2.33 bits per heavy atom. The summed E-state index contributed by atoms with van der Waals surface area (Å²) in [4.78, 5) is 13.8. The zero-order valence-electron chi connectivity index (χ0n) is 12.8. The van der Waals surface area contributed by atoms with Gasteiger partial charge < -0.3 is 10.6 Å². The van der Waals surface area contributed by atoms with Crippen LogP contribution in [0.5, 0.6) is 0 Å². The Bertz CT molecular complexity index is 620. The zero-order chi connectivity index (χ0) is 15.4. The van der Waals surface area contributed by atoms with Crippen LogP contribution in [0.2, 0.25) is 0 Å². The third-order valence-corrected chi connectivity index (χ3v) is 3.57. The molecule has 0 aliphatic carbocycles. The maximum atomic E-state index is 11.5. The van der Waals surface area contributed by atoms with E-state index in [0.29, 0.717) is 17.3 Å². The molecule has 0 aliphatic rings. The average molecular weight is 282 g/mol. The summed E-state index contributed by atoms with van der Waals surface area (Å²) in [5.41, 5.74) is 9.42. The SMILES string of the molecule is CC(=O)c1ccc(N(Cc2ccccc2)C(C)C)cc1N. The van der Waals surface area contributed by atoms with Gasteiger partial charge in [-0.3, -0.25) is 4.79 Å². The standard InChI is InChI=1S/C18H22N2O/c1-13(2)20(12-15-7-5-4-6-8-15)16-9-10-17(14(3)21)18(19)11-16/h4-11,13H,12,19H2,1-3H3. The topological polar surface area (TPSA) is 46.3 Å². The van der Waals surface area contributed by atoms with Crippen molar-refractivity contribution in [1.29, 1.82) is 0 Å². The molecular formula is C18H22N2O. The van der Waals surface area contributed by atoms with Crippen molar-refractivity contribution < 1.29 is 4.79 Å². The van der Waals surface area contributed by atoms with Crippen LogP contribution in [0.4, 0.5) is 11.4 Å². The minimum Gasteiger partial charge on any atom is -0.398 e. The monoisotopic (exact) mass is 282 g/mol. The molecule has 3 nitrogen and oxygen atoms in total. The lowest BCUT2D eigenvalue weighted by atomic mass is 10.1. The Labute approximate surface area is 126 Å². The van der Waals surface area contributed by atoms with E-state index in [1.54, 1.807) is 0 Å². The third kappa shape index (κ3) is 3.63. The van der Waals surface area contributed by atoms with Gasteiger partial charge in [0.25, 0.3) is 0 Å². The molecule has 0 radical (unpaired) electrons. The summed E-state index contributed by atoms with van der Waals surface area (Å²) >= 11 is 0. The number of nitrogens with zero attached hydrogens (tertiary/aromatic N) is 1. The van der Waals surface area contributed by atoms with Crippen molar-refractivity contribution >= 4 is 17.2 Å². The van der Waals surface area contributed by atoms with Crippen LogP contribution in [-0.2, 0) is 6.54 Å². The smallest absolute Gasteiger partial charge is 0.161 e. The zero-order valence-corrected chi connectivity index (χ0v) is 12.8. The summed E-state index contributed by atoms with van der Waals surface area (Å²) < 4.78 is 0. The fourth-order valence-electron chi connectivity index (χ4n) is 2.40. The highest BCUT2D eigenvalue weighted by Crippen LogP contribution is 2.25.